The van der Waals surface area contributed by atoms with Crippen molar-refractivity contribution in [3.63, 3.8) is 0 Å². The number of rotatable bonds is 6. The zero-order valence-corrected chi connectivity index (χ0v) is 15.3. The van der Waals surface area contributed by atoms with Crippen LogP contribution >= 0.6 is 0 Å². The number of amides is 2. The molecule has 1 aromatic rings. The number of ether oxygens (including phenoxy) is 2. The molecule has 0 radical (unpaired) electrons. The van der Waals surface area contributed by atoms with Gasteiger partial charge in [0.15, 0.2) is 11.5 Å². The lowest BCUT2D eigenvalue weighted by molar-refractivity contribution is -0.146. The summed E-state index contributed by atoms with van der Waals surface area (Å²) in [6.45, 7) is 0.401. The van der Waals surface area contributed by atoms with E-state index in [1.54, 1.807) is 26.2 Å². The van der Waals surface area contributed by atoms with Crippen molar-refractivity contribution in [3.8, 4) is 11.5 Å². The first kappa shape index (κ1) is 19.1. The van der Waals surface area contributed by atoms with Gasteiger partial charge in [-0.1, -0.05) is 25.3 Å². The number of nitrogens with zero attached hydrogens (tertiary/aromatic N) is 1. The van der Waals surface area contributed by atoms with E-state index in [1.807, 2.05) is 18.2 Å². The van der Waals surface area contributed by atoms with Gasteiger partial charge in [-0.15, -0.1) is 0 Å². The normalized spacial score (nSPS) is 14.7. The Kier molecular flexibility index (Phi) is 7.10. The molecule has 0 heterocycles. The number of carbonyl (C=O) groups excluding carboxylic acids is 2. The van der Waals surface area contributed by atoms with Crippen LogP contribution in [0, 0.1) is 0 Å². The van der Waals surface area contributed by atoms with Crippen LogP contribution in [0.15, 0.2) is 18.2 Å². The molecule has 1 aliphatic carbocycles. The molecule has 0 saturated heterocycles. The zero-order chi connectivity index (χ0) is 18.2. The molecule has 25 heavy (non-hydrogen) atoms. The summed E-state index contributed by atoms with van der Waals surface area (Å²) in [7, 11) is 4.90. The van der Waals surface area contributed by atoms with E-state index in [9.17, 15) is 9.59 Å². The Bertz CT molecular complexity index is 597. The second-order valence-corrected chi connectivity index (χ2v) is 6.40. The van der Waals surface area contributed by atoms with Crippen molar-refractivity contribution in [3.05, 3.63) is 23.8 Å². The van der Waals surface area contributed by atoms with Crippen molar-refractivity contribution in [2.24, 2.45) is 0 Å². The van der Waals surface area contributed by atoms with Crippen LogP contribution in [-0.2, 0) is 16.0 Å². The monoisotopic (exact) mass is 348 g/mol. The average molecular weight is 348 g/mol. The first-order valence-electron chi connectivity index (χ1n) is 8.82. The van der Waals surface area contributed by atoms with E-state index in [0.717, 1.165) is 31.2 Å². The van der Waals surface area contributed by atoms with Crippen LogP contribution < -0.4 is 14.8 Å². The molecular weight excluding hydrogens is 320 g/mol. The van der Waals surface area contributed by atoms with Crippen molar-refractivity contribution in [1.82, 2.24) is 10.2 Å². The van der Waals surface area contributed by atoms with Crippen LogP contribution in [0.3, 0.4) is 0 Å². The molecule has 6 nitrogen and oxygen atoms in total. The molecule has 0 atom stereocenters. The Morgan fingerprint density at radius 2 is 1.80 bits per heavy atom. The quantitative estimate of drug-likeness (QED) is 0.800. The van der Waals surface area contributed by atoms with Gasteiger partial charge in [0.05, 0.1) is 14.2 Å². The third-order valence-electron chi connectivity index (χ3n) is 4.78. The van der Waals surface area contributed by atoms with Crippen LogP contribution in [0.5, 0.6) is 11.5 Å². The highest BCUT2D eigenvalue weighted by Crippen LogP contribution is 2.27. The fourth-order valence-corrected chi connectivity index (χ4v) is 3.23. The molecule has 138 valence electrons. The van der Waals surface area contributed by atoms with Crippen LogP contribution in [0.1, 0.15) is 37.7 Å². The summed E-state index contributed by atoms with van der Waals surface area (Å²) in [4.78, 5) is 25.9. The van der Waals surface area contributed by atoms with Crippen LogP contribution in [-0.4, -0.2) is 50.6 Å². The van der Waals surface area contributed by atoms with Gasteiger partial charge >= 0.3 is 11.8 Å². The molecule has 0 spiro atoms. The lowest BCUT2D eigenvalue weighted by Crippen LogP contribution is -2.46. The molecule has 1 fully saturated rings. The maximum atomic E-state index is 12.2. The molecule has 0 bridgehead atoms. The van der Waals surface area contributed by atoms with Gasteiger partial charge in [-0.05, 0) is 37.0 Å². The third-order valence-corrected chi connectivity index (χ3v) is 4.78. The topological polar surface area (TPSA) is 67.9 Å². The predicted molar refractivity (Wildman–Crippen MR) is 95.9 cm³/mol. The van der Waals surface area contributed by atoms with Gasteiger partial charge in [-0.3, -0.25) is 9.59 Å². The van der Waals surface area contributed by atoms with E-state index in [2.05, 4.69) is 5.32 Å². The summed E-state index contributed by atoms with van der Waals surface area (Å²) in [5.74, 6) is 0.340. The van der Waals surface area contributed by atoms with E-state index in [0.29, 0.717) is 24.5 Å². The van der Waals surface area contributed by atoms with Crippen molar-refractivity contribution >= 4 is 11.8 Å². The number of hydrogen-bond donors (Lipinski definition) is 1. The Balaban J connectivity index is 1.82. The van der Waals surface area contributed by atoms with E-state index >= 15 is 0 Å². The van der Waals surface area contributed by atoms with E-state index in [-0.39, 0.29) is 6.04 Å². The standard InChI is InChI=1S/C19H28N2O4/c1-21(15-7-5-4-6-8-15)19(23)18(22)20-12-11-14-9-10-16(24-2)17(13-14)25-3/h9-10,13,15H,4-8,11-12H2,1-3H3,(H,20,22). The molecule has 2 amide bonds. The molecule has 0 unspecified atom stereocenters. The van der Waals surface area contributed by atoms with Gasteiger partial charge in [0.1, 0.15) is 0 Å². The summed E-state index contributed by atoms with van der Waals surface area (Å²) in [6.07, 6.45) is 6.07. The van der Waals surface area contributed by atoms with Crippen molar-refractivity contribution in [2.75, 3.05) is 27.8 Å². The Hall–Kier alpha value is -2.24. The number of likely N-dealkylation sites (N-methyl/N-ethyl adjacent to an activating group) is 1. The minimum Gasteiger partial charge on any atom is -0.493 e. The second-order valence-electron chi connectivity index (χ2n) is 6.40. The van der Waals surface area contributed by atoms with Crippen LogP contribution in [0.25, 0.3) is 0 Å². The highest BCUT2D eigenvalue weighted by Gasteiger charge is 2.26. The zero-order valence-electron chi connectivity index (χ0n) is 15.3. The third kappa shape index (κ3) is 5.11. The summed E-state index contributed by atoms with van der Waals surface area (Å²) >= 11 is 0. The van der Waals surface area contributed by atoms with Gasteiger partial charge in [-0.2, -0.15) is 0 Å². The number of nitrogens with one attached hydrogen (secondary N) is 1. The molecule has 0 aromatic heterocycles. The van der Waals surface area contributed by atoms with Crippen LogP contribution in [0.2, 0.25) is 0 Å². The van der Waals surface area contributed by atoms with Crippen LogP contribution in [0.4, 0.5) is 0 Å². The summed E-state index contributed by atoms with van der Waals surface area (Å²) < 4.78 is 10.5. The second kappa shape index (κ2) is 9.30. The SMILES string of the molecule is COc1ccc(CCNC(=O)C(=O)N(C)C2CCCCC2)cc1OC. The lowest BCUT2D eigenvalue weighted by atomic mass is 9.94. The maximum absolute atomic E-state index is 12.2. The van der Waals surface area contributed by atoms with Gasteiger partial charge in [0.25, 0.3) is 0 Å². The Morgan fingerprint density at radius 1 is 1.12 bits per heavy atom. The lowest BCUT2D eigenvalue weighted by Gasteiger charge is -2.30. The van der Waals surface area contributed by atoms with E-state index in [1.165, 1.54) is 6.42 Å². The minimum absolute atomic E-state index is 0.192. The van der Waals surface area contributed by atoms with Gasteiger partial charge in [0.2, 0.25) is 0 Å². The molecule has 2 rings (SSSR count). The average Bonchev–Trinajstić information content (AvgIpc) is 2.67. The van der Waals surface area contributed by atoms with Gasteiger partial charge in [0, 0.05) is 19.6 Å². The Labute approximate surface area is 149 Å². The van der Waals surface area contributed by atoms with Gasteiger partial charge in [-0.25, -0.2) is 0 Å². The highest BCUT2D eigenvalue weighted by molar-refractivity contribution is 6.35. The minimum atomic E-state index is -0.534. The fraction of sp³-hybridized carbons (Fsp3) is 0.579. The van der Waals surface area contributed by atoms with Crippen molar-refractivity contribution in [2.45, 2.75) is 44.6 Å². The molecule has 6 heteroatoms. The summed E-state index contributed by atoms with van der Waals surface area (Å²) in [5.41, 5.74) is 1.01. The van der Waals surface area contributed by atoms with Gasteiger partial charge < -0.3 is 19.7 Å². The number of benzene rings is 1. The number of carbonyl (C=O) groups is 2. The molecule has 1 N–H and O–H groups in total. The fourth-order valence-electron chi connectivity index (χ4n) is 3.23. The molecule has 1 aliphatic rings. The molecule has 1 saturated carbocycles. The van der Waals surface area contributed by atoms with E-state index < -0.39 is 11.8 Å². The first-order chi connectivity index (χ1) is 12.1. The molecule has 1 aromatic carbocycles. The highest BCUT2D eigenvalue weighted by atomic mass is 16.5. The number of hydrogen-bond acceptors (Lipinski definition) is 4. The Morgan fingerprint density at radius 3 is 2.44 bits per heavy atom. The summed E-state index contributed by atoms with van der Waals surface area (Å²) in [5, 5.41) is 2.71. The summed E-state index contributed by atoms with van der Waals surface area (Å²) in [6, 6.07) is 5.82. The largest absolute Gasteiger partial charge is 0.493 e. The maximum Gasteiger partial charge on any atom is 0.311 e. The van der Waals surface area contributed by atoms with E-state index in [4.69, 9.17) is 9.47 Å². The van der Waals surface area contributed by atoms with Crippen molar-refractivity contribution in [1.29, 1.82) is 0 Å². The predicted octanol–water partition coefficient (Wildman–Crippen LogP) is 2.15. The van der Waals surface area contributed by atoms with Crippen molar-refractivity contribution < 1.29 is 19.1 Å². The first-order valence-corrected chi connectivity index (χ1v) is 8.82. The number of methoxy groups -OCH3 is 2. The molecular formula is C19H28N2O4. The molecule has 0 aliphatic heterocycles. The smallest absolute Gasteiger partial charge is 0.311 e.